The maximum atomic E-state index is 13.0. The summed E-state index contributed by atoms with van der Waals surface area (Å²) in [5.74, 6) is -1.45. The Bertz CT molecular complexity index is 1250. The molecule has 0 amide bonds. The number of carbonyl (C=O) groups excluding carboxylic acids is 2. The van der Waals surface area contributed by atoms with Crippen molar-refractivity contribution in [3.05, 3.63) is 50.1 Å². The van der Waals surface area contributed by atoms with Gasteiger partial charge in [0.1, 0.15) is 24.6 Å². The largest absolute Gasteiger partial charge is 0.463 e. The molecular formula is C20H22IN3O9S. The van der Waals surface area contributed by atoms with Gasteiger partial charge in [-0.15, -0.1) is 0 Å². The van der Waals surface area contributed by atoms with Crippen LogP contribution in [0.4, 0.5) is 5.82 Å². The third-order valence-electron chi connectivity index (χ3n) is 4.79. The van der Waals surface area contributed by atoms with Gasteiger partial charge in [0.2, 0.25) is 0 Å². The fourth-order valence-corrected chi connectivity index (χ4v) is 4.77. The third kappa shape index (κ3) is 5.92. The summed E-state index contributed by atoms with van der Waals surface area (Å²) < 4.78 is 49.0. The van der Waals surface area contributed by atoms with Gasteiger partial charge >= 0.3 is 17.6 Å². The van der Waals surface area contributed by atoms with Crippen LogP contribution in [0.3, 0.4) is 0 Å². The Hall–Kier alpha value is -2.56. The summed E-state index contributed by atoms with van der Waals surface area (Å²) in [6.07, 6.45) is -4.08. The average Bonchev–Trinajstić information content (AvgIpc) is 3.05. The molecule has 0 spiro atoms. The van der Waals surface area contributed by atoms with Crippen LogP contribution in [0.25, 0.3) is 0 Å². The van der Waals surface area contributed by atoms with E-state index in [0.29, 0.717) is 3.57 Å². The lowest BCUT2D eigenvalue weighted by Gasteiger charge is -2.24. The predicted octanol–water partition coefficient (Wildman–Crippen LogP) is 0.905. The van der Waals surface area contributed by atoms with Gasteiger partial charge in [0.25, 0.3) is 10.1 Å². The lowest BCUT2D eigenvalue weighted by molar-refractivity contribution is -0.155. The summed E-state index contributed by atoms with van der Waals surface area (Å²) in [4.78, 5) is 39.4. The van der Waals surface area contributed by atoms with E-state index in [1.807, 2.05) is 22.6 Å². The zero-order valence-electron chi connectivity index (χ0n) is 18.3. The van der Waals surface area contributed by atoms with Gasteiger partial charge in [0.15, 0.2) is 12.3 Å². The molecule has 12 nitrogen and oxygen atoms in total. The fourth-order valence-electron chi connectivity index (χ4n) is 3.25. The van der Waals surface area contributed by atoms with E-state index in [0.717, 1.165) is 24.0 Å². The monoisotopic (exact) mass is 607 g/mol. The molecule has 184 valence electrons. The molecule has 1 aromatic carbocycles. The number of hydrogen-bond donors (Lipinski definition) is 1. The van der Waals surface area contributed by atoms with E-state index in [1.54, 1.807) is 19.1 Å². The number of nitrogens with zero attached hydrogens (tertiary/aromatic N) is 2. The minimum absolute atomic E-state index is 0.0184. The number of aromatic nitrogens is 2. The van der Waals surface area contributed by atoms with Gasteiger partial charge < -0.3 is 19.9 Å². The molecule has 34 heavy (non-hydrogen) atoms. The van der Waals surface area contributed by atoms with Gasteiger partial charge in [-0.25, -0.2) is 4.79 Å². The second-order valence-electron chi connectivity index (χ2n) is 7.43. The van der Waals surface area contributed by atoms with Crippen molar-refractivity contribution < 1.29 is 36.4 Å². The topological polar surface area (TPSA) is 166 Å². The maximum absolute atomic E-state index is 13.0. The van der Waals surface area contributed by atoms with E-state index in [9.17, 15) is 22.8 Å². The van der Waals surface area contributed by atoms with E-state index in [2.05, 4.69) is 4.98 Å². The van der Waals surface area contributed by atoms with E-state index < -0.39 is 58.9 Å². The van der Waals surface area contributed by atoms with Crippen molar-refractivity contribution in [3.8, 4) is 0 Å². The van der Waals surface area contributed by atoms with Crippen LogP contribution < -0.4 is 11.4 Å². The van der Waals surface area contributed by atoms with Crippen molar-refractivity contribution in [2.45, 2.75) is 50.2 Å². The quantitative estimate of drug-likeness (QED) is 0.270. The molecule has 0 bridgehead atoms. The number of anilines is 1. The summed E-state index contributed by atoms with van der Waals surface area (Å²) in [5.41, 5.74) is 5.68. The summed E-state index contributed by atoms with van der Waals surface area (Å²) in [5, 5.41) is 0. The van der Waals surface area contributed by atoms with E-state index in [1.165, 1.54) is 18.3 Å². The van der Waals surface area contributed by atoms with Crippen LogP contribution in [0.2, 0.25) is 0 Å². The van der Waals surface area contributed by atoms with Gasteiger partial charge in [-0.05, 0) is 41.6 Å². The number of carbonyl (C=O) groups is 2. The first-order chi connectivity index (χ1) is 15.9. The molecule has 2 aromatic rings. The standard InChI is InChI=1S/C20H22IN3O9S/c1-10-4-6-13(7-5-10)34(28,29)33-16-15(9-30-11(2)25)32-19(17(16)31-12(3)26)24-8-14(21)18(22)23-20(24)27/h4-8,15-17,19H,9H2,1-3H3,(H2,22,23,27)/t15-,16+,17-,19-/m1/s1. The highest BCUT2D eigenvalue weighted by molar-refractivity contribution is 14.1. The number of benzene rings is 1. The highest BCUT2D eigenvalue weighted by Gasteiger charge is 2.51. The van der Waals surface area contributed by atoms with Crippen molar-refractivity contribution >= 4 is 50.5 Å². The smallest absolute Gasteiger partial charge is 0.351 e. The number of nitrogen functional groups attached to an aromatic ring is 1. The minimum Gasteiger partial charge on any atom is -0.463 e. The number of nitrogens with two attached hydrogens (primary N) is 1. The lowest BCUT2D eigenvalue weighted by atomic mass is 10.1. The van der Waals surface area contributed by atoms with Crippen molar-refractivity contribution in [2.75, 3.05) is 12.3 Å². The third-order valence-corrected chi connectivity index (χ3v) is 6.95. The van der Waals surface area contributed by atoms with Gasteiger partial charge in [-0.1, -0.05) is 17.7 Å². The Balaban J connectivity index is 2.05. The predicted molar refractivity (Wildman–Crippen MR) is 125 cm³/mol. The molecule has 1 aliphatic heterocycles. The van der Waals surface area contributed by atoms with Crippen LogP contribution in [0, 0.1) is 10.5 Å². The highest BCUT2D eigenvalue weighted by atomic mass is 127. The summed E-state index contributed by atoms with van der Waals surface area (Å²) >= 11 is 1.85. The minimum atomic E-state index is -4.37. The zero-order chi connectivity index (χ0) is 25.2. The Labute approximate surface area is 208 Å². The van der Waals surface area contributed by atoms with Crippen molar-refractivity contribution in [2.24, 2.45) is 0 Å². The molecule has 0 aliphatic carbocycles. The van der Waals surface area contributed by atoms with Gasteiger partial charge in [-0.2, -0.15) is 13.4 Å². The summed E-state index contributed by atoms with van der Waals surface area (Å²) in [6.45, 7) is 3.63. The van der Waals surface area contributed by atoms with Crippen LogP contribution in [0.5, 0.6) is 0 Å². The average molecular weight is 607 g/mol. The van der Waals surface area contributed by atoms with Crippen LogP contribution in [-0.2, 0) is 38.1 Å². The Kier molecular flexibility index (Phi) is 7.95. The second-order valence-corrected chi connectivity index (χ2v) is 10.2. The summed E-state index contributed by atoms with van der Waals surface area (Å²) in [7, 11) is -4.37. The maximum Gasteiger partial charge on any atom is 0.351 e. The number of rotatable bonds is 7. The second kappa shape index (κ2) is 10.4. The molecule has 4 atom stereocenters. The van der Waals surface area contributed by atoms with Crippen molar-refractivity contribution in [1.29, 1.82) is 0 Å². The first-order valence-electron chi connectivity index (χ1n) is 9.89. The Morgan fingerprint density at radius 1 is 1.18 bits per heavy atom. The van der Waals surface area contributed by atoms with Gasteiger partial charge in [0.05, 0.1) is 8.47 Å². The molecule has 14 heteroatoms. The SMILES string of the molecule is CC(=O)OC[C@H]1O[C@@H](n2cc(I)c(N)nc2=O)[C@H](OC(C)=O)[C@H]1OS(=O)(=O)c1ccc(C)cc1. The van der Waals surface area contributed by atoms with Crippen molar-refractivity contribution in [3.63, 3.8) is 0 Å². The zero-order valence-corrected chi connectivity index (χ0v) is 21.3. The number of hydrogen-bond acceptors (Lipinski definition) is 11. The van der Waals surface area contributed by atoms with E-state index >= 15 is 0 Å². The Morgan fingerprint density at radius 3 is 2.41 bits per heavy atom. The van der Waals surface area contributed by atoms with Gasteiger partial charge in [-0.3, -0.25) is 18.3 Å². The van der Waals surface area contributed by atoms with Crippen LogP contribution in [-0.4, -0.2) is 54.8 Å². The molecule has 1 aromatic heterocycles. The first kappa shape index (κ1) is 26.1. The summed E-state index contributed by atoms with van der Waals surface area (Å²) in [6, 6.07) is 5.89. The molecule has 1 fully saturated rings. The van der Waals surface area contributed by atoms with E-state index in [4.69, 9.17) is 24.1 Å². The number of ether oxygens (including phenoxy) is 3. The fraction of sp³-hybridized carbons (Fsp3) is 0.400. The van der Waals surface area contributed by atoms with Crippen LogP contribution in [0.1, 0.15) is 25.6 Å². The van der Waals surface area contributed by atoms with E-state index in [-0.39, 0.29) is 10.7 Å². The van der Waals surface area contributed by atoms with Crippen LogP contribution in [0.15, 0.2) is 40.2 Å². The number of halogens is 1. The number of aryl methyl sites for hydroxylation is 1. The molecule has 2 N–H and O–H groups in total. The Morgan fingerprint density at radius 2 is 1.82 bits per heavy atom. The van der Waals surface area contributed by atoms with Crippen LogP contribution >= 0.6 is 22.6 Å². The molecule has 2 heterocycles. The van der Waals surface area contributed by atoms with Gasteiger partial charge in [0, 0.05) is 20.0 Å². The lowest BCUT2D eigenvalue weighted by Crippen LogP contribution is -2.42. The molecule has 0 saturated carbocycles. The molecule has 1 aliphatic rings. The first-order valence-corrected chi connectivity index (χ1v) is 12.4. The van der Waals surface area contributed by atoms with Crippen molar-refractivity contribution in [1.82, 2.24) is 9.55 Å². The molecule has 0 radical (unpaired) electrons. The molecule has 1 saturated heterocycles. The molecular weight excluding hydrogens is 585 g/mol. The molecule has 0 unspecified atom stereocenters. The molecule has 3 rings (SSSR count). The normalized spacial score (nSPS) is 22.4. The number of esters is 2. The highest BCUT2D eigenvalue weighted by Crippen LogP contribution is 2.35.